The molecule has 130 valence electrons. The molecule has 4 nitrogen and oxygen atoms in total. The van der Waals surface area contributed by atoms with Crippen LogP contribution >= 0.6 is 34.7 Å². The molecule has 0 aliphatic carbocycles. The Balaban J connectivity index is 1.54. The Morgan fingerprint density at radius 2 is 1.81 bits per heavy atom. The predicted octanol–water partition coefficient (Wildman–Crippen LogP) is 5.64. The van der Waals surface area contributed by atoms with Gasteiger partial charge in [-0.25, -0.2) is 4.98 Å². The number of halogens is 1. The molecule has 0 aliphatic heterocycles. The van der Waals surface area contributed by atoms with Crippen molar-refractivity contribution < 1.29 is 0 Å². The second-order valence-electron chi connectivity index (χ2n) is 5.61. The van der Waals surface area contributed by atoms with E-state index in [1.165, 1.54) is 0 Å². The average molecular weight is 399 g/mol. The van der Waals surface area contributed by atoms with Crippen molar-refractivity contribution in [2.24, 2.45) is 0 Å². The van der Waals surface area contributed by atoms with E-state index in [0.717, 1.165) is 43.7 Å². The number of para-hydroxylation sites is 1. The molecular formula is C19H15ClN4S2. The molecule has 26 heavy (non-hydrogen) atoms. The fraction of sp³-hybridized carbons (Fsp3) is 0.105. The van der Waals surface area contributed by atoms with Crippen molar-refractivity contribution >= 4 is 34.7 Å². The van der Waals surface area contributed by atoms with E-state index in [2.05, 4.69) is 32.3 Å². The maximum Gasteiger partial charge on any atom is 0.196 e. The fourth-order valence-corrected chi connectivity index (χ4v) is 4.72. The molecule has 4 rings (SSSR count). The molecular weight excluding hydrogens is 384 g/mol. The Bertz CT molecular complexity index is 1030. The molecule has 0 fully saturated rings. The van der Waals surface area contributed by atoms with Gasteiger partial charge in [0.15, 0.2) is 5.16 Å². The zero-order chi connectivity index (χ0) is 17.9. The topological polar surface area (TPSA) is 43.6 Å². The van der Waals surface area contributed by atoms with Gasteiger partial charge in [-0.3, -0.25) is 4.57 Å². The first kappa shape index (κ1) is 17.3. The number of aryl methyl sites for hydroxylation is 1. The van der Waals surface area contributed by atoms with Gasteiger partial charge in [-0.15, -0.1) is 21.5 Å². The first-order valence-corrected chi connectivity index (χ1v) is 10.3. The first-order chi connectivity index (χ1) is 12.7. The molecule has 0 radical (unpaired) electrons. The van der Waals surface area contributed by atoms with Crippen LogP contribution in [0.5, 0.6) is 0 Å². The number of rotatable bonds is 5. The summed E-state index contributed by atoms with van der Waals surface area (Å²) in [6, 6.07) is 17.9. The van der Waals surface area contributed by atoms with E-state index in [9.17, 15) is 0 Å². The average Bonchev–Trinajstić information content (AvgIpc) is 3.28. The molecule has 0 amide bonds. The molecule has 0 saturated carbocycles. The van der Waals surface area contributed by atoms with Crippen LogP contribution in [0, 0.1) is 6.92 Å². The molecule has 2 heterocycles. The lowest BCUT2D eigenvalue weighted by Gasteiger charge is -2.07. The lowest BCUT2D eigenvalue weighted by molar-refractivity contribution is 0.868. The monoisotopic (exact) mass is 398 g/mol. The number of benzene rings is 2. The lowest BCUT2D eigenvalue weighted by atomic mass is 10.2. The van der Waals surface area contributed by atoms with Crippen LogP contribution in [0.4, 0.5) is 0 Å². The summed E-state index contributed by atoms with van der Waals surface area (Å²) in [5, 5.41) is 13.1. The van der Waals surface area contributed by atoms with Crippen LogP contribution in [0.2, 0.25) is 5.02 Å². The zero-order valence-corrected chi connectivity index (χ0v) is 16.4. The summed E-state index contributed by atoms with van der Waals surface area (Å²) in [6.45, 7) is 1.96. The van der Waals surface area contributed by atoms with Crippen molar-refractivity contribution in [1.29, 1.82) is 0 Å². The zero-order valence-electron chi connectivity index (χ0n) is 14.0. The number of nitrogens with zero attached hydrogens (tertiary/aromatic N) is 4. The van der Waals surface area contributed by atoms with Crippen molar-refractivity contribution in [1.82, 2.24) is 19.7 Å². The van der Waals surface area contributed by atoms with Gasteiger partial charge >= 0.3 is 0 Å². The smallest absolute Gasteiger partial charge is 0.196 e. The molecule has 0 saturated heterocycles. The van der Waals surface area contributed by atoms with Crippen molar-refractivity contribution in [3.8, 4) is 16.3 Å². The molecule has 0 N–H and O–H groups in total. The number of thiazole rings is 1. The third kappa shape index (κ3) is 3.53. The second-order valence-corrected chi connectivity index (χ2v) is 7.82. The highest BCUT2D eigenvalue weighted by molar-refractivity contribution is 7.98. The highest BCUT2D eigenvalue weighted by Gasteiger charge is 2.13. The van der Waals surface area contributed by atoms with Crippen LogP contribution in [-0.4, -0.2) is 19.7 Å². The summed E-state index contributed by atoms with van der Waals surface area (Å²) in [5.41, 5.74) is 3.04. The highest BCUT2D eigenvalue weighted by Crippen LogP contribution is 2.32. The van der Waals surface area contributed by atoms with Crippen molar-refractivity contribution in [2.75, 3.05) is 0 Å². The predicted molar refractivity (Wildman–Crippen MR) is 108 cm³/mol. The highest BCUT2D eigenvalue weighted by atomic mass is 35.5. The summed E-state index contributed by atoms with van der Waals surface area (Å²) in [4.78, 5) is 4.72. The normalized spacial score (nSPS) is 11.0. The minimum absolute atomic E-state index is 0.723. The molecule has 2 aromatic heterocycles. The Hall–Kier alpha value is -2.15. The Kier molecular flexibility index (Phi) is 5.06. The summed E-state index contributed by atoms with van der Waals surface area (Å²) in [6.07, 6.45) is 0. The van der Waals surface area contributed by atoms with Gasteiger partial charge in [-0.2, -0.15) is 0 Å². The largest absolute Gasteiger partial charge is 0.274 e. The molecule has 7 heteroatoms. The van der Waals surface area contributed by atoms with Gasteiger partial charge < -0.3 is 0 Å². The van der Waals surface area contributed by atoms with Gasteiger partial charge in [-0.1, -0.05) is 59.8 Å². The minimum Gasteiger partial charge on any atom is -0.274 e. The Morgan fingerprint density at radius 1 is 1.04 bits per heavy atom. The van der Waals surface area contributed by atoms with Crippen molar-refractivity contribution in [3.63, 3.8) is 0 Å². The molecule has 0 unspecified atom stereocenters. The fourth-order valence-electron chi connectivity index (χ4n) is 2.58. The van der Waals surface area contributed by atoms with E-state index < -0.39 is 0 Å². The summed E-state index contributed by atoms with van der Waals surface area (Å²) < 4.78 is 2.06. The van der Waals surface area contributed by atoms with E-state index in [1.54, 1.807) is 23.1 Å². The maximum atomic E-state index is 6.27. The van der Waals surface area contributed by atoms with E-state index in [4.69, 9.17) is 16.6 Å². The van der Waals surface area contributed by atoms with E-state index >= 15 is 0 Å². The van der Waals surface area contributed by atoms with Crippen LogP contribution in [0.1, 0.15) is 11.5 Å². The maximum absolute atomic E-state index is 6.27. The first-order valence-electron chi connectivity index (χ1n) is 8.02. The van der Waals surface area contributed by atoms with Crippen molar-refractivity contribution in [2.45, 2.75) is 17.8 Å². The number of hydrogen-bond donors (Lipinski definition) is 0. The van der Waals surface area contributed by atoms with Crippen LogP contribution in [0.15, 0.2) is 65.1 Å². The molecule has 2 aromatic carbocycles. The van der Waals surface area contributed by atoms with Gasteiger partial charge in [0.05, 0.1) is 10.7 Å². The van der Waals surface area contributed by atoms with Crippen LogP contribution < -0.4 is 0 Å². The van der Waals surface area contributed by atoms with Gasteiger partial charge in [0, 0.05) is 22.4 Å². The number of thioether (sulfide) groups is 1. The van der Waals surface area contributed by atoms with Gasteiger partial charge in [0.25, 0.3) is 0 Å². The standard InChI is InChI=1S/C19H15ClN4S2/c1-13-22-23-19(24(13)15-7-3-2-4-8-15)26-12-14-11-25-18(21-14)16-9-5-6-10-17(16)20/h2-11H,12H2,1H3. The molecule has 0 atom stereocenters. The summed E-state index contributed by atoms with van der Waals surface area (Å²) in [5.74, 6) is 1.60. The van der Waals surface area contributed by atoms with Gasteiger partial charge in [0.2, 0.25) is 0 Å². The lowest BCUT2D eigenvalue weighted by Crippen LogP contribution is -1.98. The Morgan fingerprint density at radius 3 is 2.62 bits per heavy atom. The summed E-state index contributed by atoms with van der Waals surface area (Å²) in [7, 11) is 0. The van der Waals surface area contributed by atoms with Gasteiger partial charge in [0.1, 0.15) is 10.8 Å². The summed E-state index contributed by atoms with van der Waals surface area (Å²) >= 11 is 9.51. The molecule has 0 spiro atoms. The molecule has 0 bridgehead atoms. The minimum atomic E-state index is 0.723. The van der Waals surface area contributed by atoms with Crippen molar-refractivity contribution in [3.05, 3.63) is 76.5 Å². The SMILES string of the molecule is Cc1nnc(SCc2csc(-c3ccccc3Cl)n2)n1-c1ccccc1. The van der Waals surface area contributed by atoms with E-state index in [-0.39, 0.29) is 0 Å². The third-order valence-electron chi connectivity index (χ3n) is 3.81. The number of aromatic nitrogens is 4. The third-order valence-corrected chi connectivity index (χ3v) is 6.03. The van der Waals surface area contributed by atoms with Gasteiger partial charge in [-0.05, 0) is 25.1 Å². The van der Waals surface area contributed by atoms with Crippen LogP contribution in [0.25, 0.3) is 16.3 Å². The van der Waals surface area contributed by atoms with E-state index in [1.807, 2.05) is 49.4 Å². The Labute approximate surface area is 164 Å². The second kappa shape index (κ2) is 7.61. The molecule has 0 aliphatic rings. The van der Waals surface area contributed by atoms with Crippen LogP contribution in [0.3, 0.4) is 0 Å². The number of hydrogen-bond acceptors (Lipinski definition) is 5. The van der Waals surface area contributed by atoms with Crippen LogP contribution in [-0.2, 0) is 5.75 Å². The molecule has 4 aromatic rings. The van der Waals surface area contributed by atoms with E-state index in [0.29, 0.717) is 0 Å². The quantitative estimate of drug-likeness (QED) is 0.408.